The van der Waals surface area contributed by atoms with Crippen molar-refractivity contribution in [3.63, 3.8) is 0 Å². The van der Waals surface area contributed by atoms with Crippen molar-refractivity contribution in [1.82, 2.24) is 9.29 Å². The zero-order chi connectivity index (χ0) is 23.3. The van der Waals surface area contributed by atoms with Crippen LogP contribution in [0.4, 0.5) is 11.4 Å². The van der Waals surface area contributed by atoms with Gasteiger partial charge in [-0.15, -0.1) is 11.3 Å². The van der Waals surface area contributed by atoms with E-state index in [0.29, 0.717) is 24.7 Å². The summed E-state index contributed by atoms with van der Waals surface area (Å²) >= 11 is 1.56. The van der Waals surface area contributed by atoms with Crippen LogP contribution in [0.1, 0.15) is 63.6 Å². The largest absolute Gasteiger partial charge is 0.370 e. The highest BCUT2D eigenvalue weighted by molar-refractivity contribution is 7.89. The number of aromatic nitrogens is 1. The van der Waals surface area contributed by atoms with E-state index in [1.54, 1.807) is 33.8 Å². The molecule has 1 aromatic carbocycles. The van der Waals surface area contributed by atoms with E-state index in [0.717, 1.165) is 48.7 Å². The monoisotopic (exact) mass is 478 g/mol. The van der Waals surface area contributed by atoms with Crippen LogP contribution in [0, 0.1) is 0 Å². The molecule has 0 bridgehead atoms. The standard InChI is InChI=1S/C23H34N4O3S2/c1-5-26(6-2)21-11-10-19(32(29,30)27-12-8-7-9-13-27)15-20(21)25-22(28)14-18-16-31-23(24-18)17(3)4/h10-11,15-17H,5-9,12-14H2,1-4H3,(H,25,28). The predicted octanol–water partition coefficient (Wildman–Crippen LogP) is 4.47. The molecule has 1 aromatic heterocycles. The van der Waals surface area contributed by atoms with Gasteiger partial charge in [0.15, 0.2) is 0 Å². The Labute approximate surface area is 195 Å². The van der Waals surface area contributed by atoms with Crippen molar-refractivity contribution < 1.29 is 13.2 Å². The summed E-state index contributed by atoms with van der Waals surface area (Å²) in [5.41, 5.74) is 2.08. The first-order valence-corrected chi connectivity index (χ1v) is 13.7. The first-order chi connectivity index (χ1) is 15.3. The third kappa shape index (κ3) is 5.68. The summed E-state index contributed by atoms with van der Waals surface area (Å²) < 4.78 is 27.9. The minimum Gasteiger partial charge on any atom is -0.370 e. The number of nitrogens with one attached hydrogen (secondary N) is 1. The summed E-state index contributed by atoms with van der Waals surface area (Å²) in [5.74, 6) is 0.120. The fourth-order valence-corrected chi connectivity index (χ4v) is 6.28. The number of carbonyl (C=O) groups is 1. The molecule has 0 spiro atoms. The Balaban J connectivity index is 1.88. The molecular formula is C23H34N4O3S2. The molecule has 0 saturated carbocycles. The van der Waals surface area contributed by atoms with Crippen molar-refractivity contribution in [2.45, 2.75) is 64.2 Å². The minimum atomic E-state index is -3.59. The van der Waals surface area contributed by atoms with Gasteiger partial charge in [-0.3, -0.25) is 4.79 Å². The van der Waals surface area contributed by atoms with Gasteiger partial charge in [0.1, 0.15) is 0 Å². The molecule has 9 heteroatoms. The molecule has 2 aromatic rings. The summed E-state index contributed by atoms with van der Waals surface area (Å²) in [6.07, 6.45) is 2.98. The maximum atomic E-state index is 13.2. The molecule has 0 radical (unpaired) electrons. The van der Waals surface area contributed by atoms with Gasteiger partial charge in [-0.2, -0.15) is 4.31 Å². The molecule has 3 rings (SSSR count). The first-order valence-electron chi connectivity index (χ1n) is 11.4. The number of sulfonamides is 1. The van der Waals surface area contributed by atoms with Crippen molar-refractivity contribution in [3.8, 4) is 0 Å². The first kappa shape index (κ1) is 24.7. The van der Waals surface area contributed by atoms with Gasteiger partial charge in [-0.25, -0.2) is 13.4 Å². The zero-order valence-corrected chi connectivity index (χ0v) is 21.1. The minimum absolute atomic E-state index is 0.157. The Bertz CT molecular complexity index is 1020. The molecule has 0 unspecified atom stereocenters. The Hall–Kier alpha value is -1.97. The molecule has 0 aliphatic carbocycles. The molecule has 1 aliphatic heterocycles. The van der Waals surface area contributed by atoms with E-state index in [4.69, 9.17) is 0 Å². The molecule has 1 aliphatic rings. The van der Waals surface area contributed by atoms with Crippen molar-refractivity contribution in [1.29, 1.82) is 0 Å². The highest BCUT2D eigenvalue weighted by atomic mass is 32.2. The lowest BCUT2D eigenvalue weighted by Crippen LogP contribution is -2.35. The van der Waals surface area contributed by atoms with Crippen LogP contribution < -0.4 is 10.2 Å². The van der Waals surface area contributed by atoms with Crippen molar-refractivity contribution in [2.75, 3.05) is 36.4 Å². The van der Waals surface area contributed by atoms with Crippen LogP contribution in [0.3, 0.4) is 0 Å². The zero-order valence-electron chi connectivity index (χ0n) is 19.4. The number of benzene rings is 1. The van der Waals surface area contributed by atoms with Gasteiger partial charge in [0, 0.05) is 37.5 Å². The Morgan fingerprint density at radius 2 is 1.88 bits per heavy atom. The van der Waals surface area contributed by atoms with E-state index >= 15 is 0 Å². The van der Waals surface area contributed by atoms with Gasteiger partial charge >= 0.3 is 0 Å². The fourth-order valence-electron chi connectivity index (χ4n) is 3.90. The van der Waals surface area contributed by atoms with Crippen molar-refractivity contribution in [3.05, 3.63) is 34.3 Å². The van der Waals surface area contributed by atoms with E-state index in [1.807, 2.05) is 19.2 Å². The fraction of sp³-hybridized carbons (Fsp3) is 0.565. The molecule has 176 valence electrons. The van der Waals surface area contributed by atoms with Crippen molar-refractivity contribution in [2.24, 2.45) is 0 Å². The molecular weight excluding hydrogens is 444 g/mol. The quantitative estimate of drug-likeness (QED) is 0.575. The van der Waals surface area contributed by atoms with Crippen LogP contribution in [-0.4, -0.2) is 49.8 Å². The Morgan fingerprint density at radius 1 is 1.19 bits per heavy atom. The van der Waals surface area contributed by atoms with Gasteiger partial charge in [0.25, 0.3) is 0 Å². The van der Waals surface area contributed by atoms with Crippen LogP contribution in [0.25, 0.3) is 0 Å². The number of thiazole rings is 1. The van der Waals surface area contributed by atoms with Crippen LogP contribution in [0.15, 0.2) is 28.5 Å². The number of amides is 1. The maximum Gasteiger partial charge on any atom is 0.243 e. The third-order valence-corrected chi connectivity index (χ3v) is 8.79. The molecule has 1 N–H and O–H groups in total. The SMILES string of the molecule is CCN(CC)c1ccc(S(=O)(=O)N2CCCCC2)cc1NC(=O)Cc1csc(C(C)C)n1. The number of anilines is 2. The number of nitrogens with zero attached hydrogens (tertiary/aromatic N) is 3. The molecule has 0 atom stereocenters. The molecule has 2 heterocycles. The smallest absolute Gasteiger partial charge is 0.243 e. The lowest BCUT2D eigenvalue weighted by atomic mass is 10.2. The lowest BCUT2D eigenvalue weighted by Gasteiger charge is -2.28. The highest BCUT2D eigenvalue weighted by Gasteiger charge is 2.27. The van der Waals surface area contributed by atoms with Crippen molar-refractivity contribution >= 4 is 38.6 Å². The van der Waals surface area contributed by atoms with Crippen LogP contribution in [0.2, 0.25) is 0 Å². The number of rotatable bonds is 9. The lowest BCUT2D eigenvalue weighted by molar-refractivity contribution is -0.115. The molecule has 1 fully saturated rings. The van der Waals surface area contributed by atoms with E-state index < -0.39 is 10.0 Å². The summed E-state index contributed by atoms with van der Waals surface area (Å²) in [6.45, 7) is 10.8. The van der Waals surface area contributed by atoms with E-state index in [9.17, 15) is 13.2 Å². The summed E-state index contributed by atoms with van der Waals surface area (Å²) in [5, 5.41) is 5.88. The average molecular weight is 479 g/mol. The third-order valence-electron chi connectivity index (χ3n) is 5.70. The van der Waals surface area contributed by atoms with Gasteiger partial charge in [-0.05, 0) is 44.9 Å². The molecule has 32 heavy (non-hydrogen) atoms. The Morgan fingerprint density at radius 3 is 2.47 bits per heavy atom. The summed E-state index contributed by atoms with van der Waals surface area (Å²) in [7, 11) is -3.59. The van der Waals surface area contributed by atoms with E-state index in [-0.39, 0.29) is 17.2 Å². The second kappa shape index (κ2) is 10.8. The van der Waals surface area contributed by atoms with E-state index in [1.165, 1.54) is 0 Å². The number of piperidine rings is 1. The Kier molecular flexibility index (Phi) is 8.30. The van der Waals surface area contributed by atoms with Gasteiger partial charge in [-0.1, -0.05) is 20.3 Å². The van der Waals surface area contributed by atoms with Gasteiger partial charge in [0.05, 0.1) is 33.4 Å². The number of carbonyl (C=O) groups excluding carboxylic acids is 1. The topological polar surface area (TPSA) is 82.6 Å². The van der Waals surface area contributed by atoms with Gasteiger partial charge in [0.2, 0.25) is 15.9 Å². The second-order valence-corrected chi connectivity index (χ2v) is 11.2. The normalized spacial score (nSPS) is 15.2. The van der Waals surface area contributed by atoms with Gasteiger partial charge < -0.3 is 10.2 Å². The second-order valence-electron chi connectivity index (χ2n) is 8.37. The number of hydrogen-bond donors (Lipinski definition) is 1. The predicted molar refractivity (Wildman–Crippen MR) is 131 cm³/mol. The molecule has 1 amide bonds. The molecule has 1 saturated heterocycles. The van der Waals surface area contributed by atoms with E-state index in [2.05, 4.69) is 29.0 Å². The van der Waals surface area contributed by atoms with Crippen LogP contribution in [-0.2, 0) is 21.2 Å². The summed E-state index contributed by atoms with van der Waals surface area (Å²) in [4.78, 5) is 19.7. The average Bonchev–Trinajstić information content (AvgIpc) is 3.24. The summed E-state index contributed by atoms with van der Waals surface area (Å²) in [6, 6.07) is 5.07. The molecule has 7 nitrogen and oxygen atoms in total. The highest BCUT2D eigenvalue weighted by Crippen LogP contribution is 2.31. The number of hydrogen-bond acceptors (Lipinski definition) is 6. The van der Waals surface area contributed by atoms with Crippen LogP contribution in [0.5, 0.6) is 0 Å². The maximum absolute atomic E-state index is 13.2. The van der Waals surface area contributed by atoms with Crippen LogP contribution >= 0.6 is 11.3 Å².